The molecule has 96 valence electrons. The molecule has 0 unspecified atom stereocenters. The molecule has 0 fully saturated rings. The van der Waals surface area contributed by atoms with Crippen LogP contribution in [0.15, 0.2) is 0 Å². The maximum atomic E-state index is 11.6. The van der Waals surface area contributed by atoms with E-state index >= 15 is 0 Å². The molecule has 5 nitrogen and oxygen atoms in total. The molecule has 0 aromatic heterocycles. The zero-order chi connectivity index (χ0) is 12.6. The summed E-state index contributed by atoms with van der Waals surface area (Å²) in [5.41, 5.74) is -0.524. The van der Waals surface area contributed by atoms with Crippen molar-refractivity contribution in [1.82, 2.24) is 15.5 Å². The van der Waals surface area contributed by atoms with Crippen molar-refractivity contribution in [1.29, 1.82) is 0 Å². The lowest BCUT2D eigenvalue weighted by Crippen LogP contribution is -2.51. The van der Waals surface area contributed by atoms with Crippen LogP contribution in [-0.4, -0.2) is 63.8 Å². The van der Waals surface area contributed by atoms with Gasteiger partial charge in [-0.2, -0.15) is 0 Å². The fraction of sp³-hybridized carbons (Fsp3) is 0.909. The third kappa shape index (κ3) is 6.76. The van der Waals surface area contributed by atoms with Crippen molar-refractivity contribution >= 4 is 5.91 Å². The van der Waals surface area contributed by atoms with Gasteiger partial charge in [0.25, 0.3) is 0 Å². The number of rotatable bonds is 8. The zero-order valence-electron chi connectivity index (χ0n) is 11.1. The molecule has 2 N–H and O–H groups in total. The van der Waals surface area contributed by atoms with E-state index in [9.17, 15) is 4.79 Å². The molecular weight excluding hydrogens is 206 g/mol. The first-order valence-electron chi connectivity index (χ1n) is 5.60. The van der Waals surface area contributed by atoms with E-state index in [-0.39, 0.29) is 5.91 Å². The van der Waals surface area contributed by atoms with Crippen molar-refractivity contribution in [3.8, 4) is 0 Å². The molecule has 0 rings (SSSR count). The summed E-state index contributed by atoms with van der Waals surface area (Å²) in [5.74, 6) is -0.00814. The van der Waals surface area contributed by atoms with E-state index in [1.165, 1.54) is 0 Å². The van der Waals surface area contributed by atoms with Crippen molar-refractivity contribution in [3.63, 3.8) is 0 Å². The minimum absolute atomic E-state index is 0.00814. The first-order chi connectivity index (χ1) is 7.40. The highest BCUT2D eigenvalue weighted by Gasteiger charge is 2.24. The van der Waals surface area contributed by atoms with E-state index in [4.69, 9.17) is 4.74 Å². The second kappa shape index (κ2) is 7.60. The number of nitrogens with one attached hydrogen (secondary N) is 2. The van der Waals surface area contributed by atoms with Crippen LogP contribution in [0.1, 0.15) is 13.8 Å². The molecule has 0 aromatic rings. The lowest BCUT2D eigenvalue weighted by Gasteiger charge is -2.22. The summed E-state index contributed by atoms with van der Waals surface area (Å²) in [6, 6.07) is 0. The van der Waals surface area contributed by atoms with Gasteiger partial charge in [0.1, 0.15) is 0 Å². The SMILES string of the molecule is CNC(C)(C)C(=O)NCCOCCN(C)C. The molecule has 0 aliphatic carbocycles. The van der Waals surface area contributed by atoms with Gasteiger partial charge in [0.15, 0.2) is 0 Å². The Hall–Kier alpha value is -0.650. The van der Waals surface area contributed by atoms with Crippen LogP contribution in [0, 0.1) is 0 Å². The Kier molecular flexibility index (Phi) is 7.29. The molecule has 0 aliphatic heterocycles. The van der Waals surface area contributed by atoms with E-state index in [1.54, 1.807) is 7.05 Å². The predicted octanol–water partition coefficient (Wildman–Crippen LogP) is -0.321. The quantitative estimate of drug-likeness (QED) is 0.562. The second-order valence-electron chi connectivity index (χ2n) is 4.55. The molecular formula is C11H25N3O2. The van der Waals surface area contributed by atoms with E-state index in [0.717, 1.165) is 6.54 Å². The molecule has 16 heavy (non-hydrogen) atoms. The van der Waals surface area contributed by atoms with Crippen molar-refractivity contribution in [2.75, 3.05) is 47.4 Å². The van der Waals surface area contributed by atoms with Crippen LogP contribution in [0.25, 0.3) is 0 Å². The molecule has 0 bridgehead atoms. The van der Waals surface area contributed by atoms with Crippen LogP contribution in [0.5, 0.6) is 0 Å². The Morgan fingerprint density at radius 3 is 2.44 bits per heavy atom. The van der Waals surface area contributed by atoms with Crippen molar-refractivity contribution in [2.24, 2.45) is 0 Å². The van der Waals surface area contributed by atoms with E-state index in [0.29, 0.717) is 19.8 Å². The summed E-state index contributed by atoms with van der Waals surface area (Å²) in [5, 5.41) is 5.77. The Balaban J connectivity index is 3.49. The fourth-order valence-electron chi connectivity index (χ4n) is 0.920. The van der Waals surface area contributed by atoms with Gasteiger partial charge in [-0.05, 0) is 35.0 Å². The van der Waals surface area contributed by atoms with E-state index in [2.05, 4.69) is 15.5 Å². The van der Waals surface area contributed by atoms with E-state index < -0.39 is 5.54 Å². The molecule has 0 saturated heterocycles. The highest BCUT2D eigenvalue weighted by atomic mass is 16.5. The van der Waals surface area contributed by atoms with Crippen LogP contribution in [-0.2, 0) is 9.53 Å². The van der Waals surface area contributed by atoms with Crippen molar-refractivity contribution in [3.05, 3.63) is 0 Å². The highest BCUT2D eigenvalue weighted by Crippen LogP contribution is 1.99. The molecule has 1 amide bonds. The first-order valence-corrected chi connectivity index (χ1v) is 5.60. The van der Waals surface area contributed by atoms with Gasteiger partial charge in [-0.1, -0.05) is 0 Å². The Labute approximate surface area is 98.5 Å². The molecule has 0 saturated carbocycles. The Morgan fingerprint density at radius 2 is 1.94 bits per heavy atom. The summed E-state index contributed by atoms with van der Waals surface area (Å²) in [6.45, 7) is 6.38. The van der Waals surface area contributed by atoms with Crippen LogP contribution in [0.4, 0.5) is 0 Å². The number of hydrogen-bond acceptors (Lipinski definition) is 4. The summed E-state index contributed by atoms with van der Waals surface area (Å²) < 4.78 is 5.36. The van der Waals surface area contributed by atoms with Crippen LogP contribution >= 0.6 is 0 Å². The normalized spacial score (nSPS) is 11.9. The summed E-state index contributed by atoms with van der Waals surface area (Å²) in [6.07, 6.45) is 0. The number of carbonyl (C=O) groups excluding carboxylic acids is 1. The third-order valence-electron chi connectivity index (χ3n) is 2.41. The van der Waals surface area contributed by atoms with Gasteiger partial charge in [0.2, 0.25) is 5.91 Å². The molecule has 0 radical (unpaired) electrons. The molecule has 0 spiro atoms. The van der Waals surface area contributed by atoms with Crippen LogP contribution in [0.2, 0.25) is 0 Å². The van der Waals surface area contributed by atoms with Gasteiger partial charge < -0.3 is 20.3 Å². The third-order valence-corrected chi connectivity index (χ3v) is 2.41. The minimum atomic E-state index is -0.524. The summed E-state index contributed by atoms with van der Waals surface area (Å²) in [4.78, 5) is 13.7. The molecule has 0 aromatic carbocycles. The Morgan fingerprint density at radius 1 is 1.31 bits per heavy atom. The largest absolute Gasteiger partial charge is 0.378 e. The topological polar surface area (TPSA) is 53.6 Å². The summed E-state index contributed by atoms with van der Waals surface area (Å²) >= 11 is 0. The minimum Gasteiger partial charge on any atom is -0.378 e. The Bertz CT molecular complexity index is 205. The first kappa shape index (κ1) is 15.3. The predicted molar refractivity (Wildman–Crippen MR) is 65.5 cm³/mol. The summed E-state index contributed by atoms with van der Waals surface area (Å²) in [7, 11) is 5.77. The molecule has 0 heterocycles. The van der Waals surface area contributed by atoms with Crippen LogP contribution < -0.4 is 10.6 Å². The van der Waals surface area contributed by atoms with Crippen molar-refractivity contribution in [2.45, 2.75) is 19.4 Å². The zero-order valence-corrected chi connectivity index (χ0v) is 11.1. The average Bonchev–Trinajstić information content (AvgIpc) is 2.22. The van der Waals surface area contributed by atoms with Gasteiger partial charge in [-0.25, -0.2) is 0 Å². The number of carbonyl (C=O) groups is 1. The average molecular weight is 231 g/mol. The monoisotopic (exact) mass is 231 g/mol. The molecule has 0 aliphatic rings. The smallest absolute Gasteiger partial charge is 0.239 e. The maximum absolute atomic E-state index is 11.6. The number of hydrogen-bond donors (Lipinski definition) is 2. The van der Waals surface area contributed by atoms with Gasteiger partial charge in [-0.15, -0.1) is 0 Å². The standard InChI is InChI=1S/C11H25N3O2/c1-11(2,12-3)10(15)13-6-8-16-9-7-14(4)5/h12H,6-9H2,1-5H3,(H,13,15). The maximum Gasteiger partial charge on any atom is 0.239 e. The van der Waals surface area contributed by atoms with Crippen molar-refractivity contribution < 1.29 is 9.53 Å². The highest BCUT2D eigenvalue weighted by molar-refractivity contribution is 5.85. The van der Waals surface area contributed by atoms with E-state index in [1.807, 2.05) is 27.9 Å². The van der Waals surface area contributed by atoms with Gasteiger partial charge >= 0.3 is 0 Å². The number of nitrogens with zero attached hydrogens (tertiary/aromatic N) is 1. The van der Waals surface area contributed by atoms with Gasteiger partial charge in [0, 0.05) is 13.1 Å². The lowest BCUT2D eigenvalue weighted by molar-refractivity contribution is -0.126. The number of likely N-dealkylation sites (N-methyl/N-ethyl adjacent to an activating group) is 2. The fourth-order valence-corrected chi connectivity index (χ4v) is 0.920. The molecule has 5 heteroatoms. The van der Waals surface area contributed by atoms with Gasteiger partial charge in [-0.3, -0.25) is 4.79 Å². The van der Waals surface area contributed by atoms with Crippen LogP contribution in [0.3, 0.4) is 0 Å². The second-order valence-corrected chi connectivity index (χ2v) is 4.55. The lowest BCUT2D eigenvalue weighted by atomic mass is 10.1. The number of amides is 1. The number of ether oxygens (including phenoxy) is 1. The van der Waals surface area contributed by atoms with Gasteiger partial charge in [0.05, 0.1) is 18.8 Å². The molecule has 0 atom stereocenters.